The van der Waals surface area contributed by atoms with Crippen LogP contribution in [0.4, 0.5) is 0 Å². The van der Waals surface area contributed by atoms with Crippen LogP contribution < -0.4 is 0 Å². The Labute approximate surface area is 88.4 Å². The van der Waals surface area contributed by atoms with E-state index < -0.39 is 0 Å². The Morgan fingerprint density at radius 1 is 1.57 bits per heavy atom. The molecule has 0 aromatic carbocycles. The predicted octanol–water partition coefficient (Wildman–Crippen LogP) is 2.85. The predicted molar refractivity (Wildman–Crippen MR) is 57.7 cm³/mol. The van der Waals surface area contributed by atoms with Gasteiger partial charge in [-0.3, -0.25) is 4.79 Å². The quantitative estimate of drug-likeness (QED) is 0.712. The minimum atomic E-state index is 0.0700. The van der Waals surface area contributed by atoms with E-state index in [4.69, 9.17) is 0 Å². The lowest BCUT2D eigenvalue weighted by atomic mass is 9.74. The van der Waals surface area contributed by atoms with Crippen molar-refractivity contribution in [2.24, 2.45) is 0 Å². The van der Waals surface area contributed by atoms with Gasteiger partial charge in [0.25, 0.3) is 0 Å². The number of hydrogen-bond acceptors (Lipinski definition) is 3. The summed E-state index contributed by atoms with van der Waals surface area (Å²) in [6, 6.07) is 0. The highest BCUT2D eigenvalue weighted by atomic mass is 32.1. The molecule has 0 aliphatic heterocycles. The van der Waals surface area contributed by atoms with Crippen molar-refractivity contribution in [3.8, 4) is 0 Å². The van der Waals surface area contributed by atoms with Gasteiger partial charge in [0, 0.05) is 23.1 Å². The van der Waals surface area contributed by atoms with E-state index in [9.17, 15) is 4.79 Å². The lowest BCUT2D eigenvalue weighted by molar-refractivity contribution is -0.121. The number of Topliss-reactive ketones (excluding diaryl/α,β-unsaturated/α-hetero) is 1. The van der Waals surface area contributed by atoms with Gasteiger partial charge < -0.3 is 0 Å². The molecule has 2 rings (SSSR count). The molecule has 14 heavy (non-hydrogen) atoms. The Bertz CT molecular complexity index is 358. The molecule has 1 aliphatic carbocycles. The lowest BCUT2D eigenvalue weighted by Gasteiger charge is -2.32. The number of thiazole rings is 1. The highest BCUT2D eigenvalue weighted by molar-refractivity contribution is 7.09. The fourth-order valence-electron chi connectivity index (χ4n) is 2.36. The third kappa shape index (κ3) is 1.61. The summed E-state index contributed by atoms with van der Waals surface area (Å²) in [4.78, 5) is 17.0. The Morgan fingerprint density at radius 2 is 2.36 bits per heavy atom. The van der Waals surface area contributed by atoms with E-state index in [1.54, 1.807) is 11.3 Å². The summed E-state index contributed by atoms with van der Waals surface area (Å²) in [5.74, 6) is 0.409. The molecule has 2 nitrogen and oxygen atoms in total. The fraction of sp³-hybridized carbons (Fsp3) is 0.636. The second kappa shape index (κ2) is 3.46. The van der Waals surface area contributed by atoms with Crippen LogP contribution in [-0.2, 0) is 10.2 Å². The number of nitrogens with zero attached hydrogens (tertiary/aromatic N) is 1. The number of rotatable bonds is 1. The summed E-state index contributed by atoms with van der Waals surface area (Å²) in [6.45, 7) is 4.24. The van der Waals surface area contributed by atoms with Crippen LogP contribution in [0.2, 0.25) is 0 Å². The van der Waals surface area contributed by atoms with Crippen molar-refractivity contribution in [2.45, 2.75) is 44.9 Å². The molecule has 0 spiro atoms. The molecule has 0 amide bonds. The molecule has 1 aromatic rings. The Balaban J connectivity index is 2.31. The Hall–Kier alpha value is -0.700. The van der Waals surface area contributed by atoms with E-state index in [1.807, 2.05) is 12.4 Å². The molecule has 1 atom stereocenters. The molecular formula is C11H15NOS. The third-order valence-electron chi connectivity index (χ3n) is 3.07. The van der Waals surface area contributed by atoms with Gasteiger partial charge in [-0.05, 0) is 19.8 Å². The first-order valence-electron chi connectivity index (χ1n) is 5.04. The molecule has 1 fully saturated rings. The van der Waals surface area contributed by atoms with Crippen molar-refractivity contribution in [3.63, 3.8) is 0 Å². The summed E-state index contributed by atoms with van der Waals surface area (Å²) in [7, 11) is 0. The first-order chi connectivity index (χ1) is 6.62. The topological polar surface area (TPSA) is 30.0 Å². The van der Waals surface area contributed by atoms with Crippen molar-refractivity contribution >= 4 is 17.1 Å². The monoisotopic (exact) mass is 209 g/mol. The summed E-state index contributed by atoms with van der Waals surface area (Å²) in [5, 5.41) is 0. The van der Waals surface area contributed by atoms with Gasteiger partial charge in [-0.2, -0.15) is 0 Å². The molecule has 0 N–H and O–H groups in total. The van der Waals surface area contributed by atoms with E-state index in [-0.39, 0.29) is 5.41 Å². The second-order valence-electron chi connectivity index (χ2n) is 4.40. The maximum atomic E-state index is 11.5. The first kappa shape index (κ1) is 9.84. The number of carbonyl (C=O) groups excluding carboxylic acids is 1. The van der Waals surface area contributed by atoms with Gasteiger partial charge in [0.2, 0.25) is 0 Å². The molecule has 0 saturated heterocycles. The lowest BCUT2D eigenvalue weighted by Crippen LogP contribution is -2.29. The van der Waals surface area contributed by atoms with Crippen molar-refractivity contribution in [2.75, 3.05) is 0 Å². The summed E-state index contributed by atoms with van der Waals surface area (Å²) in [6.07, 6.45) is 3.64. The van der Waals surface area contributed by atoms with E-state index in [1.165, 1.54) is 4.88 Å². The van der Waals surface area contributed by atoms with Crippen molar-refractivity contribution in [3.05, 3.63) is 16.1 Å². The highest BCUT2D eigenvalue weighted by Gasteiger charge is 2.35. The van der Waals surface area contributed by atoms with Crippen LogP contribution in [0, 0.1) is 6.92 Å². The Kier molecular flexibility index (Phi) is 2.43. The number of aryl methyl sites for hydroxylation is 1. The van der Waals surface area contributed by atoms with Crippen LogP contribution in [0.1, 0.15) is 43.2 Å². The van der Waals surface area contributed by atoms with E-state index >= 15 is 0 Å². The van der Waals surface area contributed by atoms with Crippen LogP contribution in [0.15, 0.2) is 5.51 Å². The molecule has 1 aliphatic rings. The van der Waals surface area contributed by atoms with Crippen LogP contribution in [0.25, 0.3) is 0 Å². The molecule has 76 valence electrons. The zero-order valence-corrected chi connectivity index (χ0v) is 9.49. The van der Waals surface area contributed by atoms with E-state index in [2.05, 4.69) is 11.9 Å². The van der Waals surface area contributed by atoms with E-state index in [0.717, 1.165) is 25.0 Å². The van der Waals surface area contributed by atoms with Crippen molar-refractivity contribution in [1.82, 2.24) is 4.98 Å². The summed E-state index contributed by atoms with van der Waals surface area (Å²) < 4.78 is 0. The maximum absolute atomic E-state index is 11.5. The molecule has 3 heteroatoms. The highest BCUT2D eigenvalue weighted by Crippen LogP contribution is 2.40. The van der Waals surface area contributed by atoms with Gasteiger partial charge in [-0.1, -0.05) is 6.92 Å². The zero-order chi connectivity index (χ0) is 10.2. The van der Waals surface area contributed by atoms with Gasteiger partial charge in [-0.15, -0.1) is 11.3 Å². The smallest absolute Gasteiger partial charge is 0.133 e. The first-order valence-corrected chi connectivity index (χ1v) is 5.92. The fourth-order valence-corrected chi connectivity index (χ4v) is 3.36. The second-order valence-corrected chi connectivity index (χ2v) is 5.25. The van der Waals surface area contributed by atoms with Crippen LogP contribution in [-0.4, -0.2) is 10.8 Å². The van der Waals surface area contributed by atoms with Gasteiger partial charge >= 0.3 is 0 Å². The molecule has 0 radical (unpaired) electrons. The number of aromatic nitrogens is 1. The summed E-state index contributed by atoms with van der Waals surface area (Å²) in [5.41, 5.74) is 3.06. The molecule has 1 unspecified atom stereocenters. The average molecular weight is 209 g/mol. The van der Waals surface area contributed by atoms with Gasteiger partial charge in [0.05, 0.1) is 11.2 Å². The average Bonchev–Trinajstić information content (AvgIpc) is 2.51. The SMILES string of the molecule is Cc1ncsc1C1(C)CCCC(=O)C1. The van der Waals surface area contributed by atoms with Crippen LogP contribution in [0.5, 0.6) is 0 Å². The molecule has 1 saturated carbocycles. The van der Waals surface area contributed by atoms with Crippen LogP contribution in [0.3, 0.4) is 0 Å². The van der Waals surface area contributed by atoms with Gasteiger partial charge in [0.15, 0.2) is 0 Å². The normalized spacial score (nSPS) is 28.0. The molecule has 1 heterocycles. The molecular weight excluding hydrogens is 194 g/mol. The maximum Gasteiger partial charge on any atom is 0.133 e. The zero-order valence-electron chi connectivity index (χ0n) is 8.67. The third-order valence-corrected chi connectivity index (χ3v) is 4.30. The van der Waals surface area contributed by atoms with Crippen LogP contribution >= 0.6 is 11.3 Å². The minimum absolute atomic E-state index is 0.0700. The Morgan fingerprint density at radius 3 is 2.93 bits per heavy atom. The molecule has 1 aromatic heterocycles. The van der Waals surface area contributed by atoms with Crippen molar-refractivity contribution < 1.29 is 4.79 Å². The standard InChI is InChI=1S/C11H15NOS/c1-8-10(14-7-12-8)11(2)5-3-4-9(13)6-11/h7H,3-6H2,1-2H3. The number of ketones is 1. The largest absolute Gasteiger partial charge is 0.300 e. The van der Waals surface area contributed by atoms with E-state index in [0.29, 0.717) is 12.2 Å². The van der Waals surface area contributed by atoms with Gasteiger partial charge in [0.1, 0.15) is 5.78 Å². The summed E-state index contributed by atoms with van der Waals surface area (Å²) >= 11 is 1.69. The molecule has 0 bridgehead atoms. The number of hydrogen-bond donors (Lipinski definition) is 0. The number of carbonyl (C=O) groups is 1. The van der Waals surface area contributed by atoms with Gasteiger partial charge in [-0.25, -0.2) is 4.98 Å². The van der Waals surface area contributed by atoms with Crippen molar-refractivity contribution in [1.29, 1.82) is 0 Å². The minimum Gasteiger partial charge on any atom is -0.300 e.